The summed E-state index contributed by atoms with van der Waals surface area (Å²) in [5, 5.41) is 18.5. The average molecular weight is 437 g/mol. The molecule has 4 rings (SSSR count). The van der Waals surface area contributed by atoms with E-state index in [0.29, 0.717) is 45.9 Å². The number of benzene rings is 3. The number of aromatic amines is 1. The number of aryl methyl sites for hydroxylation is 1. The van der Waals surface area contributed by atoms with Gasteiger partial charge in [-0.25, -0.2) is 0 Å². The second kappa shape index (κ2) is 9.02. The molecular weight excluding hydrogens is 416 g/mol. The fourth-order valence-electron chi connectivity index (χ4n) is 3.12. The molecule has 3 aromatic carbocycles. The van der Waals surface area contributed by atoms with Gasteiger partial charge in [0.05, 0.1) is 12.8 Å². The molecule has 0 radical (unpaired) electrons. The van der Waals surface area contributed by atoms with E-state index in [9.17, 15) is 5.11 Å². The monoisotopic (exact) mass is 436 g/mol. The summed E-state index contributed by atoms with van der Waals surface area (Å²) >= 11 is 6.17. The standard InChI is InChI=1S/C24H21ClN2O4/c1-15-24(31-22-10-6-5-9-21(22)29-2)23(27-26-15)18-12-11-17(13-20(18)28)30-14-16-7-3-4-8-19(16)25/h3-13,28H,14H2,1-2H3,(H,26,27). The number of methoxy groups -OCH3 is 1. The number of nitrogens with zero attached hydrogens (tertiary/aromatic N) is 1. The summed E-state index contributed by atoms with van der Waals surface area (Å²) in [5.41, 5.74) is 2.58. The van der Waals surface area contributed by atoms with Crippen LogP contribution in [0.5, 0.6) is 28.7 Å². The van der Waals surface area contributed by atoms with Gasteiger partial charge in [0.2, 0.25) is 0 Å². The van der Waals surface area contributed by atoms with Crippen LogP contribution in [0, 0.1) is 6.92 Å². The Morgan fingerprint density at radius 2 is 1.74 bits per heavy atom. The molecule has 0 atom stereocenters. The predicted octanol–water partition coefficient (Wildman–Crippen LogP) is 6.12. The van der Waals surface area contributed by atoms with Crippen molar-refractivity contribution in [3.8, 4) is 40.0 Å². The lowest BCUT2D eigenvalue weighted by atomic mass is 10.1. The molecule has 1 aromatic heterocycles. The van der Waals surface area contributed by atoms with Crippen LogP contribution in [-0.2, 0) is 6.61 Å². The number of aromatic hydroxyl groups is 1. The van der Waals surface area contributed by atoms with E-state index in [1.165, 1.54) is 0 Å². The van der Waals surface area contributed by atoms with Crippen molar-refractivity contribution in [2.75, 3.05) is 7.11 Å². The van der Waals surface area contributed by atoms with Crippen LogP contribution in [0.2, 0.25) is 5.02 Å². The topological polar surface area (TPSA) is 76.6 Å². The summed E-state index contributed by atoms with van der Waals surface area (Å²) in [6.45, 7) is 2.14. The maximum absolute atomic E-state index is 10.7. The molecule has 4 aromatic rings. The van der Waals surface area contributed by atoms with Gasteiger partial charge in [-0.05, 0) is 37.3 Å². The van der Waals surface area contributed by atoms with E-state index in [1.807, 2.05) is 49.4 Å². The van der Waals surface area contributed by atoms with E-state index in [2.05, 4.69) is 10.2 Å². The van der Waals surface area contributed by atoms with Crippen LogP contribution in [0.3, 0.4) is 0 Å². The Morgan fingerprint density at radius 3 is 2.48 bits per heavy atom. The normalized spacial score (nSPS) is 10.7. The Bertz CT molecular complexity index is 1210. The third-order valence-electron chi connectivity index (χ3n) is 4.75. The van der Waals surface area contributed by atoms with Gasteiger partial charge in [0.1, 0.15) is 23.8 Å². The highest BCUT2D eigenvalue weighted by Crippen LogP contribution is 2.41. The first-order valence-corrected chi connectivity index (χ1v) is 10.00. The summed E-state index contributed by atoms with van der Waals surface area (Å²) in [6.07, 6.45) is 0. The van der Waals surface area contributed by atoms with Gasteiger partial charge < -0.3 is 19.3 Å². The summed E-state index contributed by atoms with van der Waals surface area (Å²) in [5.74, 6) is 2.19. The number of aromatic nitrogens is 2. The number of nitrogens with one attached hydrogen (secondary N) is 1. The molecule has 1 heterocycles. The molecule has 0 aliphatic carbocycles. The first kappa shape index (κ1) is 20.6. The summed E-state index contributed by atoms with van der Waals surface area (Å²) in [6, 6.07) is 19.9. The Morgan fingerprint density at radius 1 is 1.00 bits per heavy atom. The molecule has 31 heavy (non-hydrogen) atoms. The molecule has 0 saturated heterocycles. The van der Waals surface area contributed by atoms with Crippen LogP contribution >= 0.6 is 11.6 Å². The molecule has 2 N–H and O–H groups in total. The number of phenols is 1. The third kappa shape index (κ3) is 4.44. The quantitative estimate of drug-likeness (QED) is 0.364. The second-order valence-corrected chi connectivity index (χ2v) is 7.25. The molecule has 0 saturated carbocycles. The van der Waals surface area contributed by atoms with Crippen LogP contribution in [0.25, 0.3) is 11.3 Å². The fourth-order valence-corrected chi connectivity index (χ4v) is 3.31. The maximum Gasteiger partial charge on any atom is 0.176 e. The second-order valence-electron chi connectivity index (χ2n) is 6.84. The lowest BCUT2D eigenvalue weighted by molar-refractivity contribution is 0.304. The fraction of sp³-hybridized carbons (Fsp3) is 0.125. The van der Waals surface area contributed by atoms with Gasteiger partial charge in [0.25, 0.3) is 0 Å². The highest BCUT2D eigenvalue weighted by Gasteiger charge is 2.19. The first-order chi connectivity index (χ1) is 15.1. The average Bonchev–Trinajstić information content (AvgIpc) is 3.13. The van der Waals surface area contributed by atoms with Crippen molar-refractivity contribution in [1.82, 2.24) is 10.2 Å². The lowest BCUT2D eigenvalue weighted by Gasteiger charge is -2.12. The van der Waals surface area contributed by atoms with E-state index in [1.54, 1.807) is 31.4 Å². The number of ether oxygens (including phenoxy) is 3. The number of rotatable bonds is 7. The molecule has 0 bridgehead atoms. The summed E-state index contributed by atoms with van der Waals surface area (Å²) in [7, 11) is 1.58. The minimum Gasteiger partial charge on any atom is -0.507 e. The van der Waals surface area contributed by atoms with Crippen LogP contribution in [0.1, 0.15) is 11.3 Å². The van der Waals surface area contributed by atoms with Gasteiger partial charge in [-0.3, -0.25) is 5.10 Å². The van der Waals surface area contributed by atoms with E-state index < -0.39 is 0 Å². The number of H-pyrrole nitrogens is 1. The summed E-state index contributed by atoms with van der Waals surface area (Å²) < 4.78 is 17.2. The Labute approximate surface area is 185 Å². The zero-order valence-electron chi connectivity index (χ0n) is 17.1. The van der Waals surface area contributed by atoms with Crippen LogP contribution in [0.4, 0.5) is 0 Å². The highest BCUT2D eigenvalue weighted by molar-refractivity contribution is 6.31. The Hall–Kier alpha value is -3.64. The van der Waals surface area contributed by atoms with Crippen LogP contribution in [-0.4, -0.2) is 22.4 Å². The molecule has 0 spiro atoms. The molecule has 0 amide bonds. The number of para-hydroxylation sites is 2. The number of hydrogen-bond acceptors (Lipinski definition) is 5. The molecule has 0 aliphatic rings. The van der Waals surface area contributed by atoms with E-state index >= 15 is 0 Å². The number of halogens is 1. The predicted molar refractivity (Wildman–Crippen MR) is 119 cm³/mol. The van der Waals surface area contributed by atoms with Gasteiger partial charge in [-0.15, -0.1) is 0 Å². The van der Waals surface area contributed by atoms with Gasteiger partial charge in [0, 0.05) is 22.2 Å². The van der Waals surface area contributed by atoms with E-state index in [4.69, 9.17) is 25.8 Å². The molecule has 158 valence electrons. The molecule has 7 heteroatoms. The smallest absolute Gasteiger partial charge is 0.176 e. The van der Waals surface area contributed by atoms with Crippen molar-refractivity contribution < 1.29 is 19.3 Å². The van der Waals surface area contributed by atoms with Crippen LogP contribution < -0.4 is 14.2 Å². The third-order valence-corrected chi connectivity index (χ3v) is 5.12. The Balaban J connectivity index is 1.58. The van der Waals surface area contributed by atoms with Gasteiger partial charge in [-0.2, -0.15) is 5.10 Å². The van der Waals surface area contributed by atoms with Gasteiger partial charge >= 0.3 is 0 Å². The molecule has 6 nitrogen and oxygen atoms in total. The molecule has 0 aliphatic heterocycles. The lowest BCUT2D eigenvalue weighted by Crippen LogP contribution is -1.96. The molecule has 0 fully saturated rings. The Kier molecular flexibility index (Phi) is 6.00. The number of hydrogen-bond donors (Lipinski definition) is 2. The van der Waals surface area contributed by atoms with Gasteiger partial charge in [0.15, 0.2) is 17.2 Å². The van der Waals surface area contributed by atoms with Crippen molar-refractivity contribution in [2.24, 2.45) is 0 Å². The van der Waals surface area contributed by atoms with Gasteiger partial charge in [-0.1, -0.05) is 41.9 Å². The van der Waals surface area contributed by atoms with Crippen molar-refractivity contribution >= 4 is 11.6 Å². The van der Waals surface area contributed by atoms with Crippen molar-refractivity contribution in [1.29, 1.82) is 0 Å². The zero-order chi connectivity index (χ0) is 21.8. The minimum absolute atomic E-state index is 0.0213. The highest BCUT2D eigenvalue weighted by atomic mass is 35.5. The maximum atomic E-state index is 10.7. The van der Waals surface area contributed by atoms with E-state index in [-0.39, 0.29) is 5.75 Å². The molecule has 0 unspecified atom stereocenters. The SMILES string of the molecule is COc1ccccc1Oc1c(-c2ccc(OCc3ccccc3Cl)cc2O)n[nH]c1C. The minimum atomic E-state index is 0.0213. The summed E-state index contributed by atoms with van der Waals surface area (Å²) in [4.78, 5) is 0. The number of phenolic OH excluding ortho intramolecular Hbond substituents is 1. The van der Waals surface area contributed by atoms with E-state index in [0.717, 1.165) is 11.3 Å². The first-order valence-electron chi connectivity index (χ1n) is 9.62. The van der Waals surface area contributed by atoms with Crippen molar-refractivity contribution in [2.45, 2.75) is 13.5 Å². The van der Waals surface area contributed by atoms with Crippen molar-refractivity contribution in [3.63, 3.8) is 0 Å². The largest absolute Gasteiger partial charge is 0.507 e. The van der Waals surface area contributed by atoms with Crippen LogP contribution in [0.15, 0.2) is 66.7 Å². The molecular formula is C24H21ClN2O4. The van der Waals surface area contributed by atoms with Crippen molar-refractivity contribution in [3.05, 3.63) is 83.0 Å². The zero-order valence-corrected chi connectivity index (χ0v) is 17.8.